The number of rotatable bonds is 6. The van der Waals surface area contributed by atoms with Crippen molar-refractivity contribution in [2.45, 2.75) is 36.9 Å². The van der Waals surface area contributed by atoms with Crippen molar-refractivity contribution in [1.82, 2.24) is 10.3 Å². The Balaban J connectivity index is 1.69. The molecule has 0 atom stereocenters. The molecule has 0 radical (unpaired) electrons. The minimum absolute atomic E-state index is 0.518. The molecule has 0 aromatic carbocycles. The van der Waals surface area contributed by atoms with Crippen molar-refractivity contribution < 1.29 is 0 Å². The fraction of sp³-hybridized carbons (Fsp3) is 0.643. The van der Waals surface area contributed by atoms with Gasteiger partial charge in [0.25, 0.3) is 0 Å². The van der Waals surface area contributed by atoms with Crippen LogP contribution in [0.2, 0.25) is 0 Å². The third-order valence-electron chi connectivity index (χ3n) is 3.68. The zero-order valence-corrected chi connectivity index (χ0v) is 11.4. The molecule has 1 heterocycles. The van der Waals surface area contributed by atoms with E-state index < -0.39 is 0 Å². The van der Waals surface area contributed by atoms with Crippen molar-refractivity contribution in [3.05, 3.63) is 30.1 Å². The molecule has 1 aliphatic carbocycles. The van der Waals surface area contributed by atoms with E-state index in [1.165, 1.54) is 31.4 Å². The minimum atomic E-state index is 0.518. The number of nitrogens with one attached hydrogen (secondary N) is 1. The van der Waals surface area contributed by atoms with Gasteiger partial charge in [-0.1, -0.05) is 18.9 Å². The normalized spacial score (nSPS) is 18.4. The van der Waals surface area contributed by atoms with Gasteiger partial charge in [-0.2, -0.15) is 11.8 Å². The molecule has 1 saturated carbocycles. The Bertz CT molecular complexity index is 320. The van der Waals surface area contributed by atoms with E-state index >= 15 is 0 Å². The lowest BCUT2D eigenvalue weighted by Crippen LogP contribution is -2.36. The number of pyridine rings is 1. The van der Waals surface area contributed by atoms with Crippen molar-refractivity contribution >= 4 is 11.8 Å². The average Bonchev–Trinajstić information content (AvgIpc) is 2.85. The zero-order chi connectivity index (χ0) is 12.0. The van der Waals surface area contributed by atoms with Gasteiger partial charge in [0.2, 0.25) is 0 Å². The van der Waals surface area contributed by atoms with Crippen LogP contribution >= 0.6 is 11.8 Å². The topological polar surface area (TPSA) is 24.9 Å². The van der Waals surface area contributed by atoms with Crippen LogP contribution in [0.15, 0.2) is 24.4 Å². The summed E-state index contributed by atoms with van der Waals surface area (Å²) in [5.41, 5.74) is 1.18. The first kappa shape index (κ1) is 12.9. The first-order valence-corrected chi connectivity index (χ1v) is 7.73. The van der Waals surface area contributed by atoms with Crippen LogP contribution < -0.4 is 5.32 Å². The number of thioether (sulfide) groups is 1. The van der Waals surface area contributed by atoms with Gasteiger partial charge < -0.3 is 5.32 Å². The molecule has 0 aliphatic heterocycles. The van der Waals surface area contributed by atoms with Gasteiger partial charge in [0, 0.05) is 36.1 Å². The lowest BCUT2D eigenvalue weighted by Gasteiger charge is -2.27. The molecule has 2 rings (SSSR count). The van der Waals surface area contributed by atoms with E-state index in [0.29, 0.717) is 4.75 Å². The largest absolute Gasteiger partial charge is 0.315 e. The highest BCUT2D eigenvalue weighted by Crippen LogP contribution is 2.39. The Labute approximate surface area is 109 Å². The van der Waals surface area contributed by atoms with Crippen molar-refractivity contribution in [2.75, 3.05) is 19.3 Å². The van der Waals surface area contributed by atoms with Gasteiger partial charge in [0.15, 0.2) is 0 Å². The van der Waals surface area contributed by atoms with Gasteiger partial charge in [-0.05, 0) is 31.2 Å². The monoisotopic (exact) mass is 250 g/mol. The molecular weight excluding hydrogens is 228 g/mol. The van der Waals surface area contributed by atoms with Gasteiger partial charge >= 0.3 is 0 Å². The zero-order valence-electron chi connectivity index (χ0n) is 10.6. The van der Waals surface area contributed by atoms with E-state index in [1.54, 1.807) is 0 Å². The smallest absolute Gasteiger partial charge is 0.0416 e. The molecule has 17 heavy (non-hydrogen) atoms. The number of aromatic nitrogens is 1. The van der Waals surface area contributed by atoms with E-state index in [2.05, 4.69) is 28.7 Å². The molecule has 0 amide bonds. The molecule has 1 aromatic heterocycles. The van der Waals surface area contributed by atoms with Crippen LogP contribution in [0.4, 0.5) is 0 Å². The molecule has 1 N–H and O–H groups in total. The summed E-state index contributed by atoms with van der Waals surface area (Å²) in [5.74, 6) is 0. The second kappa shape index (κ2) is 6.41. The van der Waals surface area contributed by atoms with Crippen LogP contribution in [0.1, 0.15) is 31.4 Å². The van der Waals surface area contributed by atoms with E-state index in [4.69, 9.17) is 0 Å². The molecule has 1 aliphatic rings. The maximum Gasteiger partial charge on any atom is 0.0416 e. The quantitative estimate of drug-likeness (QED) is 0.786. The molecule has 0 saturated heterocycles. The van der Waals surface area contributed by atoms with Crippen LogP contribution in [0, 0.1) is 0 Å². The van der Waals surface area contributed by atoms with Gasteiger partial charge in [0.05, 0.1) is 0 Å². The maximum atomic E-state index is 4.34. The molecule has 0 unspecified atom stereocenters. The first-order valence-electron chi connectivity index (χ1n) is 6.50. The third kappa shape index (κ3) is 3.71. The van der Waals surface area contributed by atoms with Crippen molar-refractivity contribution in [3.63, 3.8) is 0 Å². The minimum Gasteiger partial charge on any atom is -0.315 e. The van der Waals surface area contributed by atoms with E-state index in [1.807, 2.05) is 24.0 Å². The highest BCUT2D eigenvalue weighted by molar-refractivity contribution is 8.00. The molecule has 2 nitrogen and oxygen atoms in total. The van der Waals surface area contributed by atoms with Gasteiger partial charge in [0.1, 0.15) is 0 Å². The Morgan fingerprint density at radius 2 is 2.18 bits per heavy atom. The molecule has 3 heteroatoms. The second-order valence-corrected chi connectivity index (χ2v) is 6.12. The summed E-state index contributed by atoms with van der Waals surface area (Å²) in [5, 5.41) is 3.61. The predicted molar refractivity (Wildman–Crippen MR) is 75.5 cm³/mol. The standard InChI is InChI=1S/C14H22N2S/c1-17-14(8-3-4-9-14)12-15-11-7-13-6-2-5-10-16-13/h2,5-6,10,15H,3-4,7-9,11-12H2,1H3. The Hall–Kier alpha value is -0.540. The molecular formula is C14H22N2S. The maximum absolute atomic E-state index is 4.34. The van der Waals surface area contributed by atoms with E-state index in [-0.39, 0.29) is 0 Å². The van der Waals surface area contributed by atoms with Crippen molar-refractivity contribution in [2.24, 2.45) is 0 Å². The highest BCUT2D eigenvalue weighted by Gasteiger charge is 2.32. The van der Waals surface area contributed by atoms with Crippen LogP contribution in [-0.2, 0) is 6.42 Å². The molecule has 1 fully saturated rings. The van der Waals surface area contributed by atoms with E-state index in [0.717, 1.165) is 19.5 Å². The van der Waals surface area contributed by atoms with Crippen LogP contribution in [0.25, 0.3) is 0 Å². The molecule has 0 bridgehead atoms. The van der Waals surface area contributed by atoms with Gasteiger partial charge in [-0.25, -0.2) is 0 Å². The number of hydrogen-bond donors (Lipinski definition) is 1. The lowest BCUT2D eigenvalue weighted by atomic mass is 10.1. The van der Waals surface area contributed by atoms with E-state index in [9.17, 15) is 0 Å². The molecule has 94 valence electrons. The summed E-state index contributed by atoms with van der Waals surface area (Å²) in [6.07, 6.45) is 10.7. The summed E-state index contributed by atoms with van der Waals surface area (Å²) >= 11 is 2.05. The van der Waals surface area contributed by atoms with Crippen molar-refractivity contribution in [3.8, 4) is 0 Å². The summed E-state index contributed by atoms with van der Waals surface area (Å²) in [6, 6.07) is 6.13. The molecule has 1 aromatic rings. The van der Waals surface area contributed by atoms with Gasteiger partial charge in [-0.15, -0.1) is 0 Å². The summed E-state index contributed by atoms with van der Waals surface area (Å²) in [6.45, 7) is 2.19. The third-order valence-corrected chi connectivity index (χ3v) is 5.10. The predicted octanol–water partition coefficient (Wildman–Crippen LogP) is 2.89. The lowest BCUT2D eigenvalue weighted by molar-refractivity contribution is 0.534. The summed E-state index contributed by atoms with van der Waals surface area (Å²) in [4.78, 5) is 4.34. The first-order chi connectivity index (χ1) is 8.35. The average molecular weight is 250 g/mol. The Morgan fingerprint density at radius 1 is 1.35 bits per heavy atom. The van der Waals surface area contributed by atoms with Gasteiger partial charge in [-0.3, -0.25) is 4.98 Å². The number of nitrogens with zero attached hydrogens (tertiary/aromatic N) is 1. The second-order valence-electron chi connectivity index (χ2n) is 4.84. The van der Waals surface area contributed by atoms with Crippen LogP contribution in [-0.4, -0.2) is 29.1 Å². The number of hydrogen-bond acceptors (Lipinski definition) is 3. The fourth-order valence-electron chi connectivity index (χ4n) is 2.55. The summed E-state index contributed by atoms with van der Waals surface area (Å²) in [7, 11) is 0. The van der Waals surface area contributed by atoms with Crippen LogP contribution in [0.3, 0.4) is 0 Å². The fourth-order valence-corrected chi connectivity index (χ4v) is 3.49. The molecule has 0 spiro atoms. The Morgan fingerprint density at radius 3 is 2.82 bits per heavy atom. The SMILES string of the molecule is CSC1(CNCCc2ccccn2)CCCC1. The summed E-state index contributed by atoms with van der Waals surface area (Å²) < 4.78 is 0.518. The van der Waals surface area contributed by atoms with Crippen molar-refractivity contribution in [1.29, 1.82) is 0 Å². The Kier molecular flexibility index (Phi) is 4.86. The van der Waals surface area contributed by atoms with Crippen LogP contribution in [0.5, 0.6) is 0 Å². The highest BCUT2D eigenvalue weighted by atomic mass is 32.2.